The first kappa shape index (κ1) is 6.84. The van der Waals surface area contributed by atoms with Crippen LogP contribution in [0.15, 0.2) is 30.6 Å². The summed E-state index contributed by atoms with van der Waals surface area (Å²) in [5.74, 6) is 0.0624. The third-order valence-corrected chi connectivity index (χ3v) is 1.71. The van der Waals surface area contributed by atoms with Crippen LogP contribution in [0.1, 0.15) is 5.56 Å². The van der Waals surface area contributed by atoms with Gasteiger partial charge in [-0.15, -0.1) is 0 Å². The molecule has 60 valence electrons. The second-order valence-electron chi connectivity index (χ2n) is 2.53. The van der Waals surface area contributed by atoms with Crippen LogP contribution in [0, 0.1) is 5.41 Å². The van der Waals surface area contributed by atoms with E-state index in [1.165, 1.54) is 0 Å². The zero-order valence-corrected chi connectivity index (χ0v) is 6.36. The Morgan fingerprint density at radius 3 is 3.00 bits per heavy atom. The number of nitrogens with two attached hydrogens (primary N) is 1. The molecule has 0 atom stereocenters. The van der Waals surface area contributed by atoms with Gasteiger partial charge in [-0.25, -0.2) is 4.52 Å². The minimum Gasteiger partial charge on any atom is -0.384 e. The van der Waals surface area contributed by atoms with Crippen LogP contribution in [0.3, 0.4) is 0 Å². The molecule has 0 saturated carbocycles. The summed E-state index contributed by atoms with van der Waals surface area (Å²) in [6.45, 7) is 0. The molecule has 0 aliphatic carbocycles. The van der Waals surface area contributed by atoms with E-state index < -0.39 is 0 Å². The van der Waals surface area contributed by atoms with Gasteiger partial charge in [-0.3, -0.25) is 5.41 Å². The topological polar surface area (TPSA) is 67.2 Å². The Labute approximate surface area is 69.1 Å². The predicted molar refractivity (Wildman–Crippen MR) is 46.2 cm³/mol. The highest BCUT2D eigenvalue weighted by Crippen LogP contribution is 2.04. The average molecular weight is 160 g/mol. The number of amidine groups is 1. The van der Waals surface area contributed by atoms with Gasteiger partial charge in [-0.2, -0.15) is 5.10 Å². The molecule has 0 aromatic carbocycles. The molecular formula is C8H8N4. The molecular weight excluding hydrogens is 152 g/mol. The van der Waals surface area contributed by atoms with Crippen LogP contribution in [0.2, 0.25) is 0 Å². The number of fused-ring (bicyclic) bond motifs is 1. The van der Waals surface area contributed by atoms with Gasteiger partial charge < -0.3 is 5.73 Å². The van der Waals surface area contributed by atoms with Gasteiger partial charge >= 0.3 is 0 Å². The highest BCUT2D eigenvalue weighted by molar-refractivity contribution is 5.94. The fourth-order valence-electron chi connectivity index (χ4n) is 1.07. The Kier molecular flexibility index (Phi) is 1.33. The maximum atomic E-state index is 7.20. The summed E-state index contributed by atoms with van der Waals surface area (Å²) in [4.78, 5) is 0. The van der Waals surface area contributed by atoms with Crippen molar-refractivity contribution in [2.75, 3.05) is 0 Å². The van der Waals surface area contributed by atoms with Gasteiger partial charge in [-0.1, -0.05) is 0 Å². The van der Waals surface area contributed by atoms with Crippen LogP contribution >= 0.6 is 0 Å². The lowest BCUT2D eigenvalue weighted by molar-refractivity contribution is 0.958. The van der Waals surface area contributed by atoms with Crippen molar-refractivity contribution in [3.8, 4) is 0 Å². The van der Waals surface area contributed by atoms with Gasteiger partial charge in [0.05, 0.1) is 5.52 Å². The molecule has 2 rings (SSSR count). The number of rotatable bonds is 1. The number of nitrogens with one attached hydrogen (secondary N) is 1. The standard InChI is InChI=1S/C8H8N4/c9-8(10)6-1-2-7-3-4-11-12(7)5-6/h1-5H,(H3,9,10). The van der Waals surface area contributed by atoms with Gasteiger partial charge in [0, 0.05) is 18.0 Å². The molecule has 12 heavy (non-hydrogen) atoms. The third-order valence-electron chi connectivity index (χ3n) is 1.71. The van der Waals surface area contributed by atoms with Gasteiger partial charge in [0.15, 0.2) is 0 Å². The maximum absolute atomic E-state index is 7.20. The van der Waals surface area contributed by atoms with Crippen molar-refractivity contribution in [2.45, 2.75) is 0 Å². The number of hydrogen-bond donors (Lipinski definition) is 2. The smallest absolute Gasteiger partial charge is 0.124 e. The zero-order valence-electron chi connectivity index (χ0n) is 6.36. The van der Waals surface area contributed by atoms with Crippen LogP contribution in [-0.4, -0.2) is 15.4 Å². The summed E-state index contributed by atoms with van der Waals surface area (Å²) < 4.78 is 1.69. The van der Waals surface area contributed by atoms with Crippen molar-refractivity contribution in [1.82, 2.24) is 9.61 Å². The Hall–Kier alpha value is -1.84. The number of hydrogen-bond acceptors (Lipinski definition) is 2. The van der Waals surface area contributed by atoms with Gasteiger partial charge in [0.2, 0.25) is 0 Å². The van der Waals surface area contributed by atoms with Gasteiger partial charge in [0.1, 0.15) is 5.84 Å². The Bertz CT molecular complexity index is 429. The number of aromatic nitrogens is 2. The number of nitrogen functional groups attached to an aromatic ring is 1. The molecule has 3 N–H and O–H groups in total. The molecule has 0 radical (unpaired) electrons. The average Bonchev–Trinajstić information content (AvgIpc) is 2.49. The van der Waals surface area contributed by atoms with E-state index in [2.05, 4.69) is 5.10 Å². The van der Waals surface area contributed by atoms with Gasteiger partial charge in [0.25, 0.3) is 0 Å². The summed E-state index contributed by atoms with van der Waals surface area (Å²) in [6.07, 6.45) is 3.44. The first-order chi connectivity index (χ1) is 5.77. The summed E-state index contributed by atoms with van der Waals surface area (Å²) >= 11 is 0. The SMILES string of the molecule is N=C(N)c1ccc2ccnn2c1. The molecule has 0 amide bonds. The number of nitrogens with zero attached hydrogens (tertiary/aromatic N) is 2. The van der Waals surface area contributed by atoms with E-state index in [1.807, 2.05) is 12.1 Å². The second-order valence-corrected chi connectivity index (χ2v) is 2.53. The van der Waals surface area contributed by atoms with Gasteiger partial charge in [-0.05, 0) is 18.2 Å². The van der Waals surface area contributed by atoms with Crippen molar-refractivity contribution < 1.29 is 0 Å². The van der Waals surface area contributed by atoms with E-state index in [-0.39, 0.29) is 5.84 Å². The van der Waals surface area contributed by atoms with Crippen LogP contribution in [-0.2, 0) is 0 Å². The molecule has 0 aliphatic heterocycles. The number of pyridine rings is 1. The van der Waals surface area contributed by atoms with E-state index in [4.69, 9.17) is 11.1 Å². The van der Waals surface area contributed by atoms with Crippen molar-refractivity contribution >= 4 is 11.4 Å². The summed E-state index contributed by atoms with van der Waals surface area (Å²) in [7, 11) is 0. The molecule has 0 spiro atoms. The third kappa shape index (κ3) is 0.934. The summed E-state index contributed by atoms with van der Waals surface area (Å²) in [5.41, 5.74) is 7.00. The van der Waals surface area contributed by atoms with Crippen molar-refractivity contribution in [2.24, 2.45) is 5.73 Å². The monoisotopic (exact) mass is 160 g/mol. The molecule has 0 fully saturated rings. The molecule has 2 heterocycles. The van der Waals surface area contributed by atoms with E-state index >= 15 is 0 Å². The lowest BCUT2D eigenvalue weighted by atomic mass is 10.2. The van der Waals surface area contributed by atoms with Crippen molar-refractivity contribution in [3.05, 3.63) is 36.2 Å². The van der Waals surface area contributed by atoms with E-state index in [9.17, 15) is 0 Å². The maximum Gasteiger partial charge on any atom is 0.124 e. The molecule has 2 aromatic rings. The lowest BCUT2D eigenvalue weighted by Crippen LogP contribution is -2.11. The summed E-state index contributed by atoms with van der Waals surface area (Å²) in [6, 6.07) is 5.58. The van der Waals surface area contributed by atoms with E-state index in [0.29, 0.717) is 5.56 Å². The minimum absolute atomic E-state index is 0.0624. The molecule has 4 nitrogen and oxygen atoms in total. The molecule has 0 aliphatic rings. The Morgan fingerprint density at radius 1 is 1.42 bits per heavy atom. The lowest BCUT2D eigenvalue weighted by Gasteiger charge is -1.98. The predicted octanol–water partition coefficient (Wildman–Crippen LogP) is 0.618. The highest BCUT2D eigenvalue weighted by Gasteiger charge is 1.97. The first-order valence-electron chi connectivity index (χ1n) is 3.55. The quantitative estimate of drug-likeness (QED) is 0.474. The zero-order chi connectivity index (χ0) is 8.55. The molecule has 0 saturated heterocycles. The Balaban J connectivity index is 2.68. The van der Waals surface area contributed by atoms with E-state index in [0.717, 1.165) is 5.52 Å². The molecule has 0 unspecified atom stereocenters. The van der Waals surface area contributed by atoms with E-state index in [1.54, 1.807) is 23.0 Å². The second kappa shape index (κ2) is 2.34. The summed E-state index contributed by atoms with van der Waals surface area (Å²) in [5, 5.41) is 11.2. The molecule has 0 bridgehead atoms. The van der Waals surface area contributed by atoms with Crippen molar-refractivity contribution in [1.29, 1.82) is 5.41 Å². The largest absolute Gasteiger partial charge is 0.384 e. The fraction of sp³-hybridized carbons (Fsp3) is 0. The normalized spacial score (nSPS) is 10.3. The fourth-order valence-corrected chi connectivity index (χ4v) is 1.07. The highest BCUT2D eigenvalue weighted by atomic mass is 15.2. The first-order valence-corrected chi connectivity index (χ1v) is 3.55. The molecule has 4 heteroatoms. The minimum atomic E-state index is 0.0624. The Morgan fingerprint density at radius 2 is 2.25 bits per heavy atom. The van der Waals surface area contributed by atoms with Crippen molar-refractivity contribution in [3.63, 3.8) is 0 Å². The van der Waals surface area contributed by atoms with Crippen LogP contribution < -0.4 is 5.73 Å². The van der Waals surface area contributed by atoms with Crippen LogP contribution in [0.25, 0.3) is 5.52 Å². The van der Waals surface area contributed by atoms with Crippen LogP contribution in [0.4, 0.5) is 0 Å². The van der Waals surface area contributed by atoms with Crippen LogP contribution in [0.5, 0.6) is 0 Å². The molecule has 2 aromatic heterocycles.